The molecule has 7 nitrogen and oxygen atoms in total. The molecule has 1 amide bonds. The number of nitrogens with one attached hydrogen (secondary N) is 1. The minimum Gasteiger partial charge on any atom is -0.495 e. The molecule has 33 heavy (non-hydrogen) atoms. The Morgan fingerprint density at radius 1 is 1.09 bits per heavy atom. The normalized spacial score (nSPS) is 11.5. The fourth-order valence-corrected chi connectivity index (χ4v) is 3.72. The van der Waals surface area contributed by atoms with Crippen LogP contribution in [0.3, 0.4) is 0 Å². The van der Waals surface area contributed by atoms with Crippen LogP contribution in [0.25, 0.3) is 16.9 Å². The maximum Gasteiger partial charge on any atom is 0.416 e. The number of anilines is 1. The van der Waals surface area contributed by atoms with Crippen molar-refractivity contribution in [1.82, 2.24) is 19.8 Å². The van der Waals surface area contributed by atoms with Gasteiger partial charge >= 0.3 is 6.18 Å². The summed E-state index contributed by atoms with van der Waals surface area (Å²) >= 11 is 1.07. The van der Waals surface area contributed by atoms with Crippen molar-refractivity contribution in [3.8, 4) is 17.0 Å². The molecular weight excluding hydrogens is 455 g/mol. The molecule has 0 saturated carbocycles. The lowest BCUT2D eigenvalue weighted by Crippen LogP contribution is -2.16. The number of benzene rings is 2. The molecule has 4 rings (SSSR count). The highest BCUT2D eigenvalue weighted by molar-refractivity contribution is 7.99. The van der Waals surface area contributed by atoms with Crippen molar-refractivity contribution in [3.63, 3.8) is 0 Å². The predicted octanol–water partition coefficient (Wildman–Crippen LogP) is 4.86. The minimum absolute atomic E-state index is 0.0659. The fourth-order valence-electron chi connectivity index (χ4n) is 3.04. The van der Waals surface area contributed by atoms with Gasteiger partial charge in [0.15, 0.2) is 5.65 Å². The lowest BCUT2D eigenvalue weighted by atomic mass is 10.1. The average molecular weight is 473 g/mol. The van der Waals surface area contributed by atoms with Crippen LogP contribution in [-0.4, -0.2) is 38.6 Å². The molecule has 4 aromatic rings. The van der Waals surface area contributed by atoms with Crippen LogP contribution in [0.4, 0.5) is 18.9 Å². The molecule has 1 N–H and O–H groups in total. The summed E-state index contributed by atoms with van der Waals surface area (Å²) in [6.45, 7) is 1.99. The van der Waals surface area contributed by atoms with E-state index in [9.17, 15) is 18.0 Å². The summed E-state index contributed by atoms with van der Waals surface area (Å²) in [6.07, 6.45) is -4.54. The fraction of sp³-hybridized carbons (Fsp3) is 0.182. The molecule has 2 aromatic carbocycles. The van der Waals surface area contributed by atoms with E-state index in [2.05, 4.69) is 20.6 Å². The van der Waals surface area contributed by atoms with Gasteiger partial charge in [0.25, 0.3) is 0 Å². The molecule has 0 aliphatic heterocycles. The Morgan fingerprint density at radius 3 is 2.55 bits per heavy atom. The molecule has 0 fully saturated rings. The Balaban J connectivity index is 1.50. The van der Waals surface area contributed by atoms with Gasteiger partial charge in [-0.15, -0.1) is 10.2 Å². The number of ether oxygens (including phenoxy) is 1. The first-order valence-corrected chi connectivity index (χ1v) is 10.7. The van der Waals surface area contributed by atoms with Crippen LogP contribution in [0, 0.1) is 6.92 Å². The number of carbonyl (C=O) groups is 1. The summed E-state index contributed by atoms with van der Waals surface area (Å²) in [6, 6.07) is 14.4. The van der Waals surface area contributed by atoms with E-state index in [-0.39, 0.29) is 17.2 Å². The van der Waals surface area contributed by atoms with Gasteiger partial charge in [-0.1, -0.05) is 41.6 Å². The van der Waals surface area contributed by atoms with Gasteiger partial charge in [0.05, 0.1) is 29.8 Å². The standard InChI is InChI=1S/C22H18F3N5O2S/c1-13-3-5-14(6-4-13)16-8-10-19-27-28-21(30(19)29-16)33-12-20(31)26-17-11-15(22(23,24)25)7-9-18(17)32-2/h3-11H,12H2,1-2H3,(H,26,31). The van der Waals surface area contributed by atoms with Crippen molar-refractivity contribution in [1.29, 1.82) is 0 Å². The van der Waals surface area contributed by atoms with Crippen molar-refractivity contribution < 1.29 is 22.7 Å². The quantitative estimate of drug-likeness (QED) is 0.403. The van der Waals surface area contributed by atoms with Gasteiger partial charge in [0.1, 0.15) is 5.75 Å². The first kappa shape index (κ1) is 22.6. The molecule has 11 heteroatoms. The molecule has 0 aliphatic rings. The Kier molecular flexibility index (Phi) is 6.23. The van der Waals surface area contributed by atoms with Gasteiger partial charge in [-0.25, -0.2) is 0 Å². The van der Waals surface area contributed by atoms with Gasteiger partial charge < -0.3 is 10.1 Å². The molecule has 0 unspecified atom stereocenters. The van der Waals surface area contributed by atoms with Crippen LogP contribution in [-0.2, 0) is 11.0 Å². The summed E-state index contributed by atoms with van der Waals surface area (Å²) in [7, 11) is 1.31. The molecule has 2 aromatic heterocycles. The number of amides is 1. The second kappa shape index (κ2) is 9.10. The number of rotatable bonds is 6. The molecule has 0 aliphatic carbocycles. The highest BCUT2D eigenvalue weighted by Crippen LogP contribution is 2.35. The van der Waals surface area contributed by atoms with E-state index in [0.29, 0.717) is 16.5 Å². The number of nitrogens with zero attached hydrogens (tertiary/aromatic N) is 4. The summed E-state index contributed by atoms with van der Waals surface area (Å²) in [5.41, 5.74) is 2.31. The van der Waals surface area contributed by atoms with Gasteiger partial charge in [-0.05, 0) is 37.3 Å². The van der Waals surface area contributed by atoms with E-state index in [1.807, 2.05) is 37.3 Å². The Hall–Kier alpha value is -3.60. The zero-order valence-corrected chi connectivity index (χ0v) is 18.4. The number of fused-ring (bicyclic) bond motifs is 1. The van der Waals surface area contributed by atoms with E-state index in [1.54, 1.807) is 6.07 Å². The molecule has 0 radical (unpaired) electrons. The van der Waals surface area contributed by atoms with Gasteiger partial charge in [0.2, 0.25) is 11.1 Å². The van der Waals surface area contributed by atoms with Crippen LogP contribution in [0.5, 0.6) is 5.75 Å². The van der Waals surface area contributed by atoms with Crippen molar-refractivity contribution >= 4 is 29.0 Å². The summed E-state index contributed by atoms with van der Waals surface area (Å²) in [4.78, 5) is 12.4. The number of aryl methyl sites for hydroxylation is 1. The smallest absolute Gasteiger partial charge is 0.416 e. The average Bonchev–Trinajstić information content (AvgIpc) is 3.20. The van der Waals surface area contributed by atoms with Crippen LogP contribution in [0.1, 0.15) is 11.1 Å². The molecule has 170 valence electrons. The number of aromatic nitrogens is 4. The van der Waals surface area contributed by atoms with Crippen LogP contribution >= 0.6 is 11.8 Å². The van der Waals surface area contributed by atoms with Crippen molar-refractivity contribution in [2.45, 2.75) is 18.3 Å². The molecule has 0 spiro atoms. The van der Waals surface area contributed by atoms with E-state index in [1.165, 1.54) is 11.6 Å². The first-order valence-electron chi connectivity index (χ1n) is 9.72. The third-order valence-electron chi connectivity index (χ3n) is 4.71. The number of alkyl halides is 3. The monoisotopic (exact) mass is 473 g/mol. The zero-order chi connectivity index (χ0) is 23.6. The Bertz CT molecular complexity index is 1310. The topological polar surface area (TPSA) is 81.4 Å². The number of hydrogen-bond acceptors (Lipinski definition) is 6. The van der Waals surface area contributed by atoms with Gasteiger partial charge in [0, 0.05) is 5.56 Å². The molecule has 0 saturated heterocycles. The third kappa shape index (κ3) is 5.08. The van der Waals surface area contributed by atoms with E-state index in [0.717, 1.165) is 41.1 Å². The lowest BCUT2D eigenvalue weighted by Gasteiger charge is -2.13. The third-order valence-corrected chi connectivity index (χ3v) is 5.63. The highest BCUT2D eigenvalue weighted by Gasteiger charge is 2.31. The molecular formula is C22H18F3N5O2S. The zero-order valence-electron chi connectivity index (χ0n) is 17.6. The maximum atomic E-state index is 13.0. The number of hydrogen-bond donors (Lipinski definition) is 1. The van der Waals surface area contributed by atoms with E-state index < -0.39 is 17.6 Å². The van der Waals surface area contributed by atoms with E-state index >= 15 is 0 Å². The van der Waals surface area contributed by atoms with Crippen molar-refractivity contribution in [3.05, 3.63) is 65.7 Å². The molecule has 0 bridgehead atoms. The van der Waals surface area contributed by atoms with Crippen LogP contribution in [0.15, 0.2) is 59.8 Å². The predicted molar refractivity (Wildman–Crippen MR) is 118 cm³/mol. The van der Waals surface area contributed by atoms with Crippen LogP contribution in [0.2, 0.25) is 0 Å². The summed E-state index contributed by atoms with van der Waals surface area (Å²) < 4.78 is 45.6. The molecule has 2 heterocycles. The molecule has 0 atom stereocenters. The number of carbonyl (C=O) groups excluding carboxylic acids is 1. The number of thioether (sulfide) groups is 1. The second-order valence-corrected chi connectivity index (χ2v) is 8.03. The second-order valence-electron chi connectivity index (χ2n) is 7.09. The Morgan fingerprint density at radius 2 is 1.85 bits per heavy atom. The first-order chi connectivity index (χ1) is 15.7. The van der Waals surface area contributed by atoms with Gasteiger partial charge in [-0.2, -0.15) is 22.8 Å². The van der Waals surface area contributed by atoms with Crippen molar-refractivity contribution in [2.24, 2.45) is 0 Å². The lowest BCUT2D eigenvalue weighted by molar-refractivity contribution is -0.137. The number of methoxy groups -OCH3 is 1. The van der Waals surface area contributed by atoms with Crippen molar-refractivity contribution in [2.75, 3.05) is 18.2 Å². The van der Waals surface area contributed by atoms with Crippen LogP contribution < -0.4 is 10.1 Å². The maximum absolute atomic E-state index is 13.0. The largest absolute Gasteiger partial charge is 0.495 e. The number of halogens is 3. The van der Waals surface area contributed by atoms with Gasteiger partial charge in [-0.3, -0.25) is 4.79 Å². The Labute approximate surface area is 191 Å². The SMILES string of the molecule is COc1ccc(C(F)(F)F)cc1NC(=O)CSc1nnc2ccc(-c3ccc(C)cc3)nn12. The summed E-state index contributed by atoms with van der Waals surface area (Å²) in [5.74, 6) is -0.515. The van der Waals surface area contributed by atoms with E-state index in [4.69, 9.17) is 4.74 Å². The highest BCUT2D eigenvalue weighted by atomic mass is 32.2. The summed E-state index contributed by atoms with van der Waals surface area (Å²) in [5, 5.41) is 15.5. The minimum atomic E-state index is -4.54.